The van der Waals surface area contributed by atoms with Crippen LogP contribution in [-0.2, 0) is 11.3 Å². The summed E-state index contributed by atoms with van der Waals surface area (Å²) >= 11 is 0. The number of aryl methyl sites for hydroxylation is 1. The molecule has 1 aromatic rings. The summed E-state index contributed by atoms with van der Waals surface area (Å²) in [6.45, 7) is 5.31. The van der Waals surface area contributed by atoms with Crippen molar-refractivity contribution >= 4 is 11.7 Å². The number of nitro groups is 1. The lowest BCUT2D eigenvalue weighted by atomic mass is 9.99. The molecule has 1 saturated heterocycles. The Kier molecular flexibility index (Phi) is 3.82. The Morgan fingerprint density at radius 2 is 2.16 bits per heavy atom. The summed E-state index contributed by atoms with van der Waals surface area (Å²) < 4.78 is 1.36. The van der Waals surface area contributed by atoms with E-state index in [0.717, 1.165) is 25.9 Å². The number of piperidine rings is 1. The van der Waals surface area contributed by atoms with Gasteiger partial charge in [0.2, 0.25) is 0 Å². The lowest BCUT2D eigenvalue weighted by molar-refractivity contribution is -0.392. The van der Waals surface area contributed by atoms with Gasteiger partial charge in [0.25, 0.3) is 5.91 Å². The quantitative estimate of drug-likeness (QED) is 0.611. The van der Waals surface area contributed by atoms with Gasteiger partial charge >= 0.3 is 5.82 Å². The molecule has 7 nitrogen and oxygen atoms in total. The highest BCUT2D eigenvalue weighted by atomic mass is 16.6. The zero-order valence-corrected chi connectivity index (χ0v) is 11.2. The van der Waals surface area contributed by atoms with Gasteiger partial charge in [-0.1, -0.05) is 6.92 Å². The molecule has 0 atom stereocenters. The molecular formula is C12H18N4O3. The molecule has 2 heterocycles. The summed E-state index contributed by atoms with van der Waals surface area (Å²) in [5, 5.41) is 10.9. The van der Waals surface area contributed by atoms with Crippen LogP contribution in [0.4, 0.5) is 5.82 Å². The Balaban J connectivity index is 2.07. The van der Waals surface area contributed by atoms with Crippen molar-refractivity contribution in [2.75, 3.05) is 13.1 Å². The van der Waals surface area contributed by atoms with E-state index in [0.29, 0.717) is 11.7 Å². The molecule has 7 heteroatoms. The Morgan fingerprint density at radius 1 is 1.53 bits per heavy atom. The average molecular weight is 266 g/mol. The van der Waals surface area contributed by atoms with Crippen LogP contribution < -0.4 is 0 Å². The number of imidazole rings is 1. The summed E-state index contributed by atoms with van der Waals surface area (Å²) in [7, 11) is 0. The monoisotopic (exact) mass is 266 g/mol. The lowest BCUT2D eigenvalue weighted by Gasteiger charge is -2.29. The van der Waals surface area contributed by atoms with Crippen molar-refractivity contribution in [1.82, 2.24) is 14.5 Å². The van der Waals surface area contributed by atoms with Gasteiger partial charge in [-0.2, -0.15) is 0 Å². The molecule has 2 rings (SSSR count). The van der Waals surface area contributed by atoms with Gasteiger partial charge in [0, 0.05) is 20.0 Å². The second-order valence-corrected chi connectivity index (χ2v) is 5.07. The van der Waals surface area contributed by atoms with Crippen LogP contribution in [0.25, 0.3) is 0 Å². The highest BCUT2D eigenvalue weighted by molar-refractivity contribution is 5.76. The van der Waals surface area contributed by atoms with Crippen LogP contribution in [0, 0.1) is 23.0 Å². The van der Waals surface area contributed by atoms with Gasteiger partial charge in [0.05, 0.1) is 0 Å². The molecule has 1 aliphatic heterocycles. The molecule has 1 amide bonds. The fraction of sp³-hybridized carbons (Fsp3) is 0.667. The third-order valence-electron chi connectivity index (χ3n) is 3.65. The topological polar surface area (TPSA) is 81.3 Å². The second kappa shape index (κ2) is 5.38. The first-order valence-corrected chi connectivity index (χ1v) is 6.43. The van der Waals surface area contributed by atoms with Crippen LogP contribution in [0.2, 0.25) is 0 Å². The number of rotatable bonds is 3. The van der Waals surface area contributed by atoms with Gasteiger partial charge < -0.3 is 15.0 Å². The molecule has 0 aliphatic carbocycles. The van der Waals surface area contributed by atoms with E-state index >= 15 is 0 Å². The average Bonchev–Trinajstić information content (AvgIpc) is 2.72. The Hall–Kier alpha value is -1.92. The first-order chi connectivity index (χ1) is 8.99. The fourth-order valence-electron chi connectivity index (χ4n) is 2.29. The van der Waals surface area contributed by atoms with Crippen molar-refractivity contribution in [3.8, 4) is 0 Å². The van der Waals surface area contributed by atoms with E-state index in [1.54, 1.807) is 11.8 Å². The van der Waals surface area contributed by atoms with E-state index in [1.165, 1.54) is 10.8 Å². The molecule has 0 N–H and O–H groups in total. The van der Waals surface area contributed by atoms with Gasteiger partial charge in [-0.15, -0.1) is 0 Å². The van der Waals surface area contributed by atoms with Crippen molar-refractivity contribution < 1.29 is 9.72 Å². The van der Waals surface area contributed by atoms with Crippen LogP contribution in [0.15, 0.2) is 6.20 Å². The zero-order valence-electron chi connectivity index (χ0n) is 11.2. The number of carbonyl (C=O) groups is 1. The number of likely N-dealkylation sites (tertiary alicyclic amines) is 1. The normalized spacial score (nSPS) is 16.6. The summed E-state index contributed by atoms with van der Waals surface area (Å²) in [6, 6.07) is 0. The highest BCUT2D eigenvalue weighted by Crippen LogP contribution is 2.18. The number of amides is 1. The minimum atomic E-state index is -0.508. The number of aromatic nitrogens is 2. The van der Waals surface area contributed by atoms with Crippen molar-refractivity contribution in [3.63, 3.8) is 0 Å². The zero-order chi connectivity index (χ0) is 14.0. The summed E-state index contributed by atoms with van der Waals surface area (Å²) in [4.78, 5) is 28.2. The third kappa shape index (κ3) is 2.91. The van der Waals surface area contributed by atoms with Crippen LogP contribution in [-0.4, -0.2) is 38.4 Å². The van der Waals surface area contributed by atoms with Gasteiger partial charge in [0.15, 0.2) is 12.4 Å². The number of carbonyl (C=O) groups excluding carboxylic acids is 1. The van der Waals surface area contributed by atoms with Gasteiger partial charge in [-0.3, -0.25) is 4.79 Å². The first-order valence-electron chi connectivity index (χ1n) is 6.43. The van der Waals surface area contributed by atoms with E-state index in [9.17, 15) is 14.9 Å². The number of hydrogen-bond donors (Lipinski definition) is 0. The minimum Gasteiger partial charge on any atom is -0.358 e. The number of hydrogen-bond acceptors (Lipinski definition) is 4. The first kappa shape index (κ1) is 13.5. The predicted octanol–water partition coefficient (Wildman–Crippen LogP) is 1.36. The van der Waals surface area contributed by atoms with Crippen molar-refractivity contribution in [2.24, 2.45) is 5.92 Å². The highest BCUT2D eigenvalue weighted by Gasteiger charge is 2.25. The predicted molar refractivity (Wildman–Crippen MR) is 68.6 cm³/mol. The van der Waals surface area contributed by atoms with Crippen LogP contribution >= 0.6 is 0 Å². The molecule has 0 aromatic carbocycles. The summed E-state index contributed by atoms with van der Waals surface area (Å²) in [5.41, 5.74) is 0. The summed E-state index contributed by atoms with van der Waals surface area (Å²) in [6.07, 6.45) is 3.19. The maximum absolute atomic E-state index is 12.2. The number of nitrogens with zero attached hydrogens (tertiary/aromatic N) is 4. The van der Waals surface area contributed by atoms with Crippen LogP contribution in [0.1, 0.15) is 25.6 Å². The van der Waals surface area contributed by atoms with E-state index in [4.69, 9.17) is 0 Å². The molecule has 0 saturated carbocycles. The van der Waals surface area contributed by atoms with E-state index in [2.05, 4.69) is 11.9 Å². The summed E-state index contributed by atoms with van der Waals surface area (Å²) in [5.74, 6) is 0.936. The van der Waals surface area contributed by atoms with Gasteiger partial charge in [-0.05, 0) is 23.7 Å². The van der Waals surface area contributed by atoms with Crippen LogP contribution in [0.3, 0.4) is 0 Å². The van der Waals surface area contributed by atoms with E-state index in [-0.39, 0.29) is 18.3 Å². The van der Waals surface area contributed by atoms with E-state index in [1.807, 2.05) is 0 Å². The van der Waals surface area contributed by atoms with Crippen molar-refractivity contribution in [3.05, 3.63) is 22.1 Å². The molecule has 1 fully saturated rings. The molecule has 0 spiro atoms. The lowest BCUT2D eigenvalue weighted by Crippen LogP contribution is -2.40. The standard InChI is InChI=1S/C12H18N4O3/c1-9-3-5-14(6-4-9)12(17)8-15-10(2)13-7-11(15)16(18)19/h7,9H,3-6,8H2,1-2H3. The maximum atomic E-state index is 12.2. The second-order valence-electron chi connectivity index (χ2n) is 5.07. The smallest absolute Gasteiger partial charge is 0.343 e. The third-order valence-corrected chi connectivity index (χ3v) is 3.65. The molecule has 1 aliphatic rings. The largest absolute Gasteiger partial charge is 0.358 e. The fourth-order valence-corrected chi connectivity index (χ4v) is 2.29. The molecule has 0 unspecified atom stereocenters. The molecule has 0 radical (unpaired) electrons. The van der Waals surface area contributed by atoms with Gasteiger partial charge in [0.1, 0.15) is 6.20 Å². The molecular weight excluding hydrogens is 248 g/mol. The minimum absolute atomic E-state index is 0.00344. The van der Waals surface area contributed by atoms with E-state index < -0.39 is 4.92 Å². The molecule has 19 heavy (non-hydrogen) atoms. The maximum Gasteiger partial charge on any atom is 0.343 e. The van der Waals surface area contributed by atoms with Crippen molar-refractivity contribution in [2.45, 2.75) is 33.2 Å². The van der Waals surface area contributed by atoms with Gasteiger partial charge in [-0.25, -0.2) is 9.55 Å². The molecule has 1 aromatic heterocycles. The molecule has 104 valence electrons. The van der Waals surface area contributed by atoms with Crippen molar-refractivity contribution in [1.29, 1.82) is 0 Å². The Labute approximate surface area is 111 Å². The molecule has 0 bridgehead atoms. The SMILES string of the molecule is Cc1ncc([N+](=O)[O-])n1CC(=O)N1CCC(C)CC1. The van der Waals surface area contributed by atoms with Crippen LogP contribution in [0.5, 0.6) is 0 Å². The Morgan fingerprint density at radius 3 is 2.74 bits per heavy atom. The Bertz CT molecular complexity index is 489.